The van der Waals surface area contributed by atoms with E-state index in [4.69, 9.17) is 22.1 Å². The van der Waals surface area contributed by atoms with Crippen LogP contribution < -0.4 is 9.30 Å². The van der Waals surface area contributed by atoms with Crippen molar-refractivity contribution in [2.24, 2.45) is 0 Å². The third-order valence-corrected chi connectivity index (χ3v) is 13.7. The normalized spacial score (nSPS) is 14.6. The Labute approximate surface area is 429 Å². The first-order valence-corrected chi connectivity index (χ1v) is 23.5. The fourth-order valence-corrected chi connectivity index (χ4v) is 10.5. The molecule has 0 N–H and O–H groups in total. The van der Waals surface area contributed by atoms with Gasteiger partial charge in [-0.25, -0.2) is 4.98 Å². The average Bonchev–Trinajstić information content (AvgIpc) is 3.33. The zero-order valence-corrected chi connectivity index (χ0v) is 39.0. The standard InChI is InChI=1S/C66H50N4O/c1-42-18-13-19-43(2)62(42)57-31-16-29-56-54-28-15-27-49(44-20-7-6-8-21-44)63(54)53-26-10-9-24-50(53)55-30-17-33-59-65(55)69(64(56)57)41-68(59)46-22-14-23-47(39-46)71-48-34-35-52-51-25-11-12-32-58(51)70(60(52)40-48)61-38-45(36-37-67-61)66(3,4)5/h6-40H,1-5H3/i1D3,2D3,6D,7D,8D,20D,21D. The van der Waals surface area contributed by atoms with Crippen LogP contribution in [0, 0.1) is 20.0 Å². The van der Waals surface area contributed by atoms with Gasteiger partial charge in [0, 0.05) is 31.3 Å². The maximum absolute atomic E-state index is 9.24. The molecule has 0 unspecified atom stereocenters. The van der Waals surface area contributed by atoms with Crippen molar-refractivity contribution >= 4 is 32.8 Å². The van der Waals surface area contributed by atoms with Crippen molar-refractivity contribution < 1.29 is 24.4 Å². The quantitative estimate of drug-likeness (QED) is 0.123. The average molecular weight is 926 g/mol. The van der Waals surface area contributed by atoms with Gasteiger partial charge in [-0.2, -0.15) is 0 Å². The lowest BCUT2D eigenvalue weighted by Gasteiger charge is -2.22. The van der Waals surface area contributed by atoms with Gasteiger partial charge in [0.15, 0.2) is 0 Å². The second kappa shape index (κ2) is 16.4. The summed E-state index contributed by atoms with van der Waals surface area (Å²) in [7, 11) is 0. The largest absolute Gasteiger partial charge is 0.458 e. The molecule has 12 aromatic rings. The Kier molecular flexibility index (Phi) is 7.42. The number of aryl methyl sites for hydroxylation is 2. The summed E-state index contributed by atoms with van der Waals surface area (Å²) in [4.78, 5) is 4.87. The molecule has 5 nitrogen and oxygen atoms in total. The number of aromatic nitrogens is 4. The minimum Gasteiger partial charge on any atom is -0.458 e. The van der Waals surface area contributed by atoms with Crippen LogP contribution in [0.2, 0.25) is 0 Å². The molecule has 0 bridgehead atoms. The molecule has 0 aliphatic carbocycles. The van der Waals surface area contributed by atoms with Gasteiger partial charge in [0.1, 0.15) is 17.3 Å². The van der Waals surface area contributed by atoms with Crippen LogP contribution in [-0.2, 0) is 5.41 Å². The molecule has 71 heavy (non-hydrogen) atoms. The highest BCUT2D eigenvalue weighted by atomic mass is 16.5. The lowest BCUT2D eigenvalue weighted by atomic mass is 9.83. The van der Waals surface area contributed by atoms with Crippen LogP contribution in [0.25, 0.3) is 106 Å². The summed E-state index contributed by atoms with van der Waals surface area (Å²) in [5.74, 6) is 1.92. The predicted molar refractivity (Wildman–Crippen MR) is 291 cm³/mol. The minimum atomic E-state index is -2.76. The molecule has 0 radical (unpaired) electrons. The highest BCUT2D eigenvalue weighted by Gasteiger charge is 2.28. The van der Waals surface area contributed by atoms with E-state index in [0.29, 0.717) is 72.9 Å². The Morgan fingerprint density at radius 1 is 0.549 bits per heavy atom. The van der Waals surface area contributed by atoms with Gasteiger partial charge < -0.3 is 4.74 Å². The summed E-state index contributed by atoms with van der Waals surface area (Å²) in [6.45, 7) is 1.04. The van der Waals surface area contributed by atoms with E-state index < -0.39 is 31.8 Å². The van der Waals surface area contributed by atoms with Crippen molar-refractivity contribution in [3.63, 3.8) is 0 Å². The number of rotatable bonds is 6. The van der Waals surface area contributed by atoms with E-state index in [0.717, 1.165) is 38.8 Å². The number of ether oxygens (including phenoxy) is 1. The molecule has 1 aliphatic heterocycles. The highest BCUT2D eigenvalue weighted by molar-refractivity contribution is 6.10. The van der Waals surface area contributed by atoms with Crippen molar-refractivity contribution in [2.45, 2.75) is 39.9 Å². The van der Waals surface area contributed by atoms with E-state index in [1.165, 1.54) is 18.2 Å². The van der Waals surface area contributed by atoms with Crippen molar-refractivity contribution in [2.75, 3.05) is 0 Å². The Morgan fingerprint density at radius 3 is 2.04 bits per heavy atom. The molecule has 13 rings (SSSR count). The Bertz CT molecular complexity index is 4580. The minimum absolute atomic E-state index is 0.00145. The van der Waals surface area contributed by atoms with Crippen molar-refractivity contribution in [3.05, 3.63) is 235 Å². The zero-order chi connectivity index (χ0) is 57.3. The van der Waals surface area contributed by atoms with Gasteiger partial charge in [-0.1, -0.05) is 172 Å². The monoisotopic (exact) mass is 925 g/mol. The van der Waals surface area contributed by atoms with Gasteiger partial charge in [-0.3, -0.25) is 13.7 Å². The Morgan fingerprint density at radius 2 is 1.21 bits per heavy atom. The number of hydrogen-bond acceptors (Lipinski definition) is 2. The van der Waals surface area contributed by atoms with E-state index in [2.05, 4.69) is 62.0 Å². The topological polar surface area (TPSA) is 35.9 Å². The fourth-order valence-electron chi connectivity index (χ4n) is 10.5. The molecule has 5 heteroatoms. The van der Waals surface area contributed by atoms with Crippen LogP contribution in [0.5, 0.6) is 11.5 Å². The molecule has 1 aliphatic rings. The van der Waals surface area contributed by atoms with Crippen molar-refractivity contribution in [3.8, 4) is 84.3 Å². The summed E-state index contributed by atoms with van der Waals surface area (Å²) in [5.41, 5.74) is 9.49. The van der Waals surface area contributed by atoms with E-state index in [1.54, 1.807) is 24.3 Å². The van der Waals surface area contributed by atoms with Gasteiger partial charge in [0.05, 0.1) is 40.3 Å². The lowest BCUT2D eigenvalue weighted by Crippen LogP contribution is -2.32. The smallest absolute Gasteiger partial charge is 0.269 e. The van der Waals surface area contributed by atoms with E-state index >= 15 is 0 Å². The van der Waals surface area contributed by atoms with Crippen LogP contribution in [0.1, 0.15) is 52.5 Å². The number of hydrogen-bond donors (Lipinski definition) is 0. The van der Waals surface area contributed by atoms with Gasteiger partial charge in [-0.05, 0) is 140 Å². The molecular weight excluding hydrogens is 865 g/mol. The Balaban J connectivity index is 1.07. The summed E-state index contributed by atoms with van der Waals surface area (Å²) in [6, 6.07) is 52.7. The second-order valence-electron chi connectivity index (χ2n) is 18.9. The van der Waals surface area contributed by atoms with E-state index in [9.17, 15) is 2.74 Å². The molecule has 0 saturated carbocycles. The summed E-state index contributed by atoms with van der Waals surface area (Å²) < 4.78 is 110. The lowest BCUT2D eigenvalue weighted by molar-refractivity contribution is -0.570. The highest BCUT2D eigenvalue weighted by Crippen LogP contribution is 2.49. The van der Waals surface area contributed by atoms with Crippen LogP contribution in [0.15, 0.2) is 212 Å². The van der Waals surface area contributed by atoms with Gasteiger partial charge >= 0.3 is 0 Å². The molecule has 0 fully saturated rings. The molecule has 3 aromatic heterocycles. The third-order valence-electron chi connectivity index (χ3n) is 13.7. The van der Waals surface area contributed by atoms with Crippen molar-refractivity contribution in [1.29, 1.82) is 0 Å². The molecule has 0 saturated heterocycles. The first kappa shape index (κ1) is 32.1. The van der Waals surface area contributed by atoms with Crippen LogP contribution in [0.4, 0.5) is 0 Å². The number of para-hydroxylation sites is 3. The molecule has 0 spiro atoms. The van der Waals surface area contributed by atoms with Gasteiger partial charge in [0.25, 0.3) is 6.33 Å². The molecule has 0 amide bonds. The Hall–Kier alpha value is -8.80. The number of imidazole rings is 1. The predicted octanol–water partition coefficient (Wildman–Crippen LogP) is 16.6. The summed E-state index contributed by atoms with van der Waals surface area (Å²) in [5, 5.41) is 2.13. The SMILES string of the molecule is [2H]c1c([2H])c([2H])c(-c2cccc3c2-c2ccccc2-c2cccc4c2[n+]([c-]n4-c2cccc(Oc4ccc5c6ccccc6n(-c6cc(C(C)(C)C)ccn6)c5c4)c2)-c2c-3cccc2-c2c(C([2H])([2H])[2H])cccc2C([2H])([2H])[2H])c([2H])c1[2H]. The first-order valence-electron chi connectivity index (χ1n) is 29.0. The molecule has 340 valence electrons. The third kappa shape index (κ3) is 6.91. The number of benzene rings is 9. The summed E-state index contributed by atoms with van der Waals surface area (Å²) in [6.07, 6.45) is 5.56. The maximum Gasteiger partial charge on any atom is 0.269 e. The van der Waals surface area contributed by atoms with E-state index in [1.807, 2.05) is 118 Å². The fraction of sp³-hybridized carbons (Fsp3) is 0.0909. The molecule has 9 aromatic carbocycles. The number of nitrogens with zero attached hydrogens (tertiary/aromatic N) is 4. The number of pyridine rings is 1. The number of fused-ring (bicyclic) bond motifs is 10. The zero-order valence-electron chi connectivity index (χ0n) is 50.0. The molecule has 4 heterocycles. The molecule has 0 atom stereocenters. The van der Waals surface area contributed by atoms with Crippen LogP contribution in [0.3, 0.4) is 0 Å². The van der Waals surface area contributed by atoms with Crippen molar-refractivity contribution in [1.82, 2.24) is 14.1 Å². The van der Waals surface area contributed by atoms with Gasteiger partial charge in [0.2, 0.25) is 0 Å². The maximum atomic E-state index is 9.24. The molecular formula is C66H50N4O. The van der Waals surface area contributed by atoms with Crippen LogP contribution in [-0.4, -0.2) is 14.1 Å². The van der Waals surface area contributed by atoms with Crippen LogP contribution >= 0.6 is 0 Å². The van der Waals surface area contributed by atoms with E-state index in [-0.39, 0.29) is 39.8 Å². The summed E-state index contributed by atoms with van der Waals surface area (Å²) >= 11 is 0. The van der Waals surface area contributed by atoms with Gasteiger partial charge in [-0.15, -0.1) is 0 Å². The first-order chi connectivity index (χ1) is 39.2. The second-order valence-corrected chi connectivity index (χ2v) is 18.9.